The van der Waals surface area contributed by atoms with Crippen molar-refractivity contribution in [1.82, 2.24) is 10.2 Å². The number of hydrogen-bond donors (Lipinski definition) is 1. The quantitative estimate of drug-likeness (QED) is 0.837. The number of nitrogens with zero attached hydrogens (tertiary/aromatic N) is 1. The molecule has 2 rings (SSSR count). The molecule has 0 bridgehead atoms. The van der Waals surface area contributed by atoms with E-state index in [1.807, 2.05) is 0 Å². The molecule has 1 fully saturated rings. The van der Waals surface area contributed by atoms with Crippen LogP contribution in [0.15, 0.2) is 18.2 Å². The first-order valence-corrected chi connectivity index (χ1v) is 6.72. The lowest BCUT2D eigenvalue weighted by molar-refractivity contribution is -0.149. The van der Waals surface area contributed by atoms with Gasteiger partial charge < -0.3 is 5.32 Å². The first kappa shape index (κ1) is 18.5. The summed E-state index contributed by atoms with van der Waals surface area (Å²) in [5.41, 5.74) is -0.0617. The molecule has 1 aromatic rings. The van der Waals surface area contributed by atoms with Gasteiger partial charge in [-0.1, -0.05) is 17.7 Å². The Balaban J connectivity index is 0.00000220. The van der Waals surface area contributed by atoms with Gasteiger partial charge in [-0.05, 0) is 12.1 Å². The van der Waals surface area contributed by atoms with E-state index in [-0.39, 0.29) is 23.0 Å². The summed E-state index contributed by atoms with van der Waals surface area (Å²) >= 11 is 5.92. The molecule has 0 spiro atoms. The molecule has 1 aliphatic rings. The normalized spacial score (nSPS) is 18.1. The predicted molar refractivity (Wildman–Crippen MR) is 76.5 cm³/mol. The number of rotatable bonds is 3. The number of halogens is 6. The zero-order valence-electron chi connectivity index (χ0n) is 11.1. The van der Waals surface area contributed by atoms with Gasteiger partial charge >= 0.3 is 6.18 Å². The highest BCUT2D eigenvalue weighted by molar-refractivity contribution is 6.31. The largest absolute Gasteiger partial charge is 0.390 e. The summed E-state index contributed by atoms with van der Waals surface area (Å²) in [4.78, 5) is 1.63. The fraction of sp³-hybridized carbons (Fsp3) is 0.538. The molecule has 0 radical (unpaired) electrons. The fourth-order valence-corrected chi connectivity index (χ4v) is 2.74. The van der Waals surface area contributed by atoms with Crippen LogP contribution in [-0.2, 0) is 0 Å². The van der Waals surface area contributed by atoms with Gasteiger partial charge in [0.25, 0.3) is 0 Å². The highest BCUT2D eigenvalue weighted by atomic mass is 35.5. The number of alkyl halides is 3. The molecular weight excluding hydrogens is 331 g/mol. The Hall–Kier alpha value is -0.560. The number of piperazine rings is 1. The van der Waals surface area contributed by atoms with Crippen LogP contribution in [0.4, 0.5) is 17.6 Å². The van der Waals surface area contributed by atoms with Gasteiger partial charge in [-0.25, -0.2) is 4.39 Å². The minimum absolute atomic E-state index is 0. The highest BCUT2D eigenvalue weighted by Gasteiger charge is 2.37. The van der Waals surface area contributed by atoms with Crippen LogP contribution in [0.25, 0.3) is 0 Å². The maximum atomic E-state index is 13.9. The van der Waals surface area contributed by atoms with Crippen LogP contribution in [0.1, 0.15) is 18.0 Å². The van der Waals surface area contributed by atoms with Crippen LogP contribution in [0.2, 0.25) is 5.02 Å². The molecule has 1 aromatic carbocycles. The number of nitrogens with one attached hydrogen (secondary N) is 1. The van der Waals surface area contributed by atoms with Gasteiger partial charge in [0.1, 0.15) is 5.82 Å². The second kappa shape index (κ2) is 7.63. The molecule has 1 heterocycles. The standard InChI is InChI=1S/C13H15ClF4N2.ClH/c14-9-2-1-3-10(15)12(9)11(8-13(16,17)18)20-6-4-19-5-7-20;/h1-3,11,19H,4-8H2;1H/t11-;/m1./s1. The maximum absolute atomic E-state index is 13.9. The summed E-state index contributed by atoms with van der Waals surface area (Å²) in [6, 6.07) is 2.88. The van der Waals surface area contributed by atoms with E-state index in [1.54, 1.807) is 4.90 Å². The summed E-state index contributed by atoms with van der Waals surface area (Å²) in [5, 5.41) is 3.10. The van der Waals surface area contributed by atoms with Crippen LogP contribution in [-0.4, -0.2) is 37.3 Å². The van der Waals surface area contributed by atoms with Crippen LogP contribution in [0.5, 0.6) is 0 Å². The molecule has 0 aliphatic carbocycles. The Kier molecular flexibility index (Phi) is 6.71. The predicted octanol–water partition coefficient (Wildman–Crippen LogP) is 3.80. The monoisotopic (exact) mass is 346 g/mol. The van der Waals surface area contributed by atoms with E-state index in [4.69, 9.17) is 11.6 Å². The molecule has 0 amide bonds. The van der Waals surface area contributed by atoms with Gasteiger partial charge in [0, 0.05) is 42.8 Å². The lowest BCUT2D eigenvalue weighted by Gasteiger charge is -2.36. The fourth-order valence-electron chi connectivity index (χ4n) is 2.46. The third kappa shape index (κ3) is 4.98. The second-order valence-electron chi connectivity index (χ2n) is 4.76. The molecule has 1 atom stereocenters. The van der Waals surface area contributed by atoms with E-state index in [1.165, 1.54) is 12.1 Å². The Labute approximate surface area is 131 Å². The van der Waals surface area contributed by atoms with Crippen molar-refractivity contribution in [1.29, 1.82) is 0 Å². The minimum atomic E-state index is -4.37. The summed E-state index contributed by atoms with van der Waals surface area (Å²) in [6.45, 7) is 2.04. The van der Waals surface area contributed by atoms with E-state index < -0.39 is 24.5 Å². The van der Waals surface area contributed by atoms with E-state index in [0.717, 1.165) is 6.07 Å². The SMILES string of the molecule is Cl.Fc1cccc(Cl)c1[C@@H](CC(F)(F)F)N1CCNCC1. The van der Waals surface area contributed by atoms with Crippen molar-refractivity contribution in [3.05, 3.63) is 34.6 Å². The first-order valence-electron chi connectivity index (χ1n) is 6.34. The Bertz CT molecular complexity index is 442. The van der Waals surface area contributed by atoms with Crippen molar-refractivity contribution in [2.75, 3.05) is 26.2 Å². The summed E-state index contributed by atoms with van der Waals surface area (Å²) in [5.74, 6) is -0.690. The van der Waals surface area contributed by atoms with Gasteiger partial charge in [0.15, 0.2) is 0 Å². The average Bonchev–Trinajstić information content (AvgIpc) is 2.37. The Morgan fingerprint density at radius 1 is 1.24 bits per heavy atom. The average molecular weight is 347 g/mol. The Morgan fingerprint density at radius 3 is 2.38 bits per heavy atom. The van der Waals surface area contributed by atoms with Crippen LogP contribution in [0.3, 0.4) is 0 Å². The summed E-state index contributed by atoms with van der Waals surface area (Å²) < 4.78 is 52.3. The smallest absolute Gasteiger partial charge is 0.314 e. The maximum Gasteiger partial charge on any atom is 0.390 e. The molecule has 0 saturated carbocycles. The van der Waals surface area contributed by atoms with Crippen LogP contribution in [0, 0.1) is 5.82 Å². The molecule has 0 aromatic heterocycles. The van der Waals surface area contributed by atoms with Crippen molar-refractivity contribution in [2.24, 2.45) is 0 Å². The Morgan fingerprint density at radius 2 is 1.86 bits per heavy atom. The first-order chi connectivity index (χ1) is 9.38. The summed E-state index contributed by atoms with van der Waals surface area (Å²) in [6.07, 6.45) is -5.48. The second-order valence-corrected chi connectivity index (χ2v) is 5.16. The molecule has 2 nitrogen and oxygen atoms in total. The van der Waals surface area contributed by atoms with Gasteiger partial charge in [0.05, 0.1) is 6.42 Å². The molecule has 0 unspecified atom stereocenters. The molecule has 1 N–H and O–H groups in total. The summed E-state index contributed by atoms with van der Waals surface area (Å²) in [7, 11) is 0. The minimum Gasteiger partial charge on any atom is -0.314 e. The van der Waals surface area contributed by atoms with Crippen LogP contribution >= 0.6 is 24.0 Å². The van der Waals surface area contributed by atoms with E-state index in [2.05, 4.69) is 5.32 Å². The topological polar surface area (TPSA) is 15.3 Å². The van der Waals surface area contributed by atoms with Gasteiger partial charge in [-0.15, -0.1) is 12.4 Å². The third-order valence-electron chi connectivity index (χ3n) is 3.35. The molecule has 120 valence electrons. The van der Waals surface area contributed by atoms with E-state index in [0.29, 0.717) is 26.2 Å². The number of benzene rings is 1. The van der Waals surface area contributed by atoms with Gasteiger partial charge in [-0.2, -0.15) is 13.2 Å². The van der Waals surface area contributed by atoms with Crippen molar-refractivity contribution in [2.45, 2.75) is 18.6 Å². The van der Waals surface area contributed by atoms with Crippen LogP contribution < -0.4 is 5.32 Å². The zero-order chi connectivity index (χ0) is 14.8. The van der Waals surface area contributed by atoms with Crippen molar-refractivity contribution < 1.29 is 17.6 Å². The van der Waals surface area contributed by atoms with Crippen molar-refractivity contribution in [3.8, 4) is 0 Å². The molecule has 1 saturated heterocycles. The lowest BCUT2D eigenvalue weighted by Crippen LogP contribution is -2.46. The zero-order valence-corrected chi connectivity index (χ0v) is 12.7. The van der Waals surface area contributed by atoms with E-state index >= 15 is 0 Å². The van der Waals surface area contributed by atoms with Gasteiger partial charge in [-0.3, -0.25) is 4.90 Å². The molecule has 21 heavy (non-hydrogen) atoms. The third-order valence-corrected chi connectivity index (χ3v) is 3.68. The highest BCUT2D eigenvalue weighted by Crippen LogP contribution is 2.38. The van der Waals surface area contributed by atoms with Crippen molar-refractivity contribution >= 4 is 24.0 Å². The molecule has 8 heteroatoms. The van der Waals surface area contributed by atoms with Gasteiger partial charge in [0.2, 0.25) is 0 Å². The van der Waals surface area contributed by atoms with E-state index in [9.17, 15) is 17.6 Å². The lowest BCUT2D eigenvalue weighted by atomic mass is 10.00. The molecule has 1 aliphatic heterocycles. The molecular formula is C13H16Cl2F4N2. The number of hydrogen-bond acceptors (Lipinski definition) is 2. The van der Waals surface area contributed by atoms with Crippen molar-refractivity contribution in [3.63, 3.8) is 0 Å².